The minimum atomic E-state index is -3.29. The molecule has 0 saturated carbocycles. The van der Waals surface area contributed by atoms with Gasteiger partial charge in [0, 0.05) is 11.9 Å². The summed E-state index contributed by atoms with van der Waals surface area (Å²) in [6.45, 7) is 0.930. The van der Waals surface area contributed by atoms with Gasteiger partial charge in [0.2, 0.25) is 10.0 Å². The van der Waals surface area contributed by atoms with Crippen LogP contribution in [0.15, 0.2) is 18.3 Å². The first-order valence-electron chi connectivity index (χ1n) is 5.94. The van der Waals surface area contributed by atoms with Crippen LogP contribution >= 0.6 is 0 Å². The Hall–Kier alpha value is -1.60. The summed E-state index contributed by atoms with van der Waals surface area (Å²) in [6.07, 6.45) is 3.76. The summed E-state index contributed by atoms with van der Waals surface area (Å²) in [5.41, 5.74) is 2.40. The van der Waals surface area contributed by atoms with Gasteiger partial charge in [0.05, 0.1) is 23.7 Å². The molecule has 19 heavy (non-hydrogen) atoms. The molecular formula is C12H18N4O2S. The predicted octanol–water partition coefficient (Wildman–Crippen LogP) is 1.04. The van der Waals surface area contributed by atoms with Gasteiger partial charge in [-0.15, -0.1) is 0 Å². The molecule has 2 aromatic rings. The van der Waals surface area contributed by atoms with Crippen LogP contribution < -0.4 is 4.72 Å². The summed E-state index contributed by atoms with van der Waals surface area (Å²) in [6, 6.07) is 3.71. The number of rotatable bonds is 5. The van der Waals surface area contributed by atoms with Gasteiger partial charge in [-0.1, -0.05) is 6.07 Å². The highest BCUT2D eigenvalue weighted by atomic mass is 32.2. The van der Waals surface area contributed by atoms with E-state index in [1.807, 2.05) is 20.2 Å². The number of aromatic nitrogens is 2. The molecule has 0 aliphatic carbocycles. The Balaban J connectivity index is 2.38. The highest BCUT2D eigenvalue weighted by Gasteiger charge is 2.11. The van der Waals surface area contributed by atoms with E-state index in [0.717, 1.165) is 35.7 Å². The number of benzene rings is 1. The van der Waals surface area contributed by atoms with E-state index in [9.17, 15) is 8.42 Å². The summed E-state index contributed by atoms with van der Waals surface area (Å²) in [5.74, 6) is 0. The number of hydrogen-bond acceptors (Lipinski definition) is 4. The molecule has 0 fully saturated rings. The molecule has 7 heteroatoms. The van der Waals surface area contributed by atoms with Gasteiger partial charge in [0.25, 0.3) is 0 Å². The van der Waals surface area contributed by atoms with E-state index in [2.05, 4.69) is 19.8 Å². The zero-order chi connectivity index (χ0) is 14.0. The van der Waals surface area contributed by atoms with Crippen molar-refractivity contribution >= 4 is 26.6 Å². The predicted molar refractivity (Wildman–Crippen MR) is 76.8 cm³/mol. The minimum Gasteiger partial charge on any atom is -0.309 e. The van der Waals surface area contributed by atoms with Crippen molar-refractivity contribution in [2.45, 2.75) is 6.42 Å². The molecule has 6 nitrogen and oxygen atoms in total. The Bertz CT molecular complexity index is 676. The third-order valence-electron chi connectivity index (χ3n) is 2.83. The molecule has 0 amide bonds. The number of fused-ring (bicyclic) bond motifs is 1. The smallest absolute Gasteiger partial charge is 0.229 e. The van der Waals surface area contributed by atoms with Gasteiger partial charge in [-0.3, -0.25) is 9.82 Å². The van der Waals surface area contributed by atoms with Crippen LogP contribution in [0.5, 0.6) is 0 Å². The van der Waals surface area contributed by atoms with Gasteiger partial charge in [-0.2, -0.15) is 5.10 Å². The fourth-order valence-electron chi connectivity index (χ4n) is 1.94. The normalized spacial score (nSPS) is 12.2. The molecule has 0 aliphatic heterocycles. The van der Waals surface area contributed by atoms with Crippen LogP contribution in [0.1, 0.15) is 5.56 Å². The van der Waals surface area contributed by atoms with Crippen molar-refractivity contribution in [1.29, 1.82) is 0 Å². The Kier molecular flexibility index (Phi) is 3.77. The van der Waals surface area contributed by atoms with Crippen LogP contribution in [0.3, 0.4) is 0 Å². The number of hydrogen-bond donors (Lipinski definition) is 2. The zero-order valence-electron chi connectivity index (χ0n) is 11.3. The summed E-state index contributed by atoms with van der Waals surface area (Å²) < 4.78 is 25.1. The summed E-state index contributed by atoms with van der Waals surface area (Å²) in [7, 11) is 0.749. The van der Waals surface area contributed by atoms with E-state index in [4.69, 9.17) is 0 Å². The number of likely N-dealkylation sites (N-methyl/N-ethyl adjacent to an activating group) is 1. The quantitative estimate of drug-likeness (QED) is 0.859. The second kappa shape index (κ2) is 5.18. The van der Waals surface area contributed by atoms with Crippen molar-refractivity contribution in [3.05, 3.63) is 23.9 Å². The fourth-order valence-corrected chi connectivity index (χ4v) is 2.51. The first kappa shape index (κ1) is 13.8. The van der Waals surface area contributed by atoms with Crippen LogP contribution in [0, 0.1) is 0 Å². The molecule has 2 rings (SSSR count). The number of H-pyrrole nitrogens is 1. The van der Waals surface area contributed by atoms with Gasteiger partial charge in [-0.05, 0) is 32.1 Å². The van der Waals surface area contributed by atoms with Crippen LogP contribution in [0.2, 0.25) is 0 Å². The van der Waals surface area contributed by atoms with Gasteiger partial charge < -0.3 is 4.90 Å². The van der Waals surface area contributed by atoms with E-state index in [0.29, 0.717) is 5.69 Å². The van der Waals surface area contributed by atoms with E-state index in [1.165, 1.54) is 0 Å². The molecule has 0 atom stereocenters. The van der Waals surface area contributed by atoms with Crippen LogP contribution in [0.25, 0.3) is 10.9 Å². The molecule has 0 saturated heterocycles. The van der Waals surface area contributed by atoms with Crippen LogP contribution in [-0.4, -0.2) is 50.4 Å². The Labute approximate surface area is 112 Å². The largest absolute Gasteiger partial charge is 0.309 e. The third-order valence-corrected chi connectivity index (χ3v) is 3.42. The summed E-state index contributed by atoms with van der Waals surface area (Å²) in [4.78, 5) is 2.11. The van der Waals surface area contributed by atoms with Crippen LogP contribution in [-0.2, 0) is 16.4 Å². The monoisotopic (exact) mass is 282 g/mol. The Morgan fingerprint density at radius 3 is 2.74 bits per heavy atom. The minimum absolute atomic E-state index is 0.531. The first-order chi connectivity index (χ1) is 8.87. The summed E-state index contributed by atoms with van der Waals surface area (Å²) in [5, 5.41) is 7.81. The zero-order valence-corrected chi connectivity index (χ0v) is 12.1. The van der Waals surface area contributed by atoms with Crippen molar-refractivity contribution < 1.29 is 8.42 Å². The number of anilines is 1. The molecule has 0 radical (unpaired) electrons. The lowest BCUT2D eigenvalue weighted by molar-refractivity contribution is 0.414. The second-order valence-corrected chi connectivity index (χ2v) is 6.61. The van der Waals surface area contributed by atoms with Gasteiger partial charge >= 0.3 is 0 Å². The average molecular weight is 282 g/mol. The lowest BCUT2D eigenvalue weighted by Crippen LogP contribution is -2.15. The maximum atomic E-state index is 11.3. The molecule has 0 spiro atoms. The molecule has 2 N–H and O–H groups in total. The molecule has 1 aromatic heterocycles. The third kappa shape index (κ3) is 3.45. The Morgan fingerprint density at radius 1 is 1.37 bits per heavy atom. The van der Waals surface area contributed by atoms with Gasteiger partial charge in [0.1, 0.15) is 0 Å². The summed E-state index contributed by atoms with van der Waals surface area (Å²) >= 11 is 0. The molecule has 1 aromatic carbocycles. The Morgan fingerprint density at radius 2 is 2.11 bits per heavy atom. The maximum Gasteiger partial charge on any atom is 0.229 e. The molecule has 0 aliphatic rings. The lowest BCUT2D eigenvalue weighted by Gasteiger charge is -2.11. The highest BCUT2D eigenvalue weighted by molar-refractivity contribution is 7.92. The van der Waals surface area contributed by atoms with Crippen molar-refractivity contribution in [3.63, 3.8) is 0 Å². The van der Waals surface area contributed by atoms with Crippen LogP contribution in [0.4, 0.5) is 5.69 Å². The SMILES string of the molecule is CN(C)CCc1ccc(NS(C)(=O)=O)c2[nH]ncc12. The number of sulfonamides is 1. The van der Waals surface area contributed by atoms with E-state index >= 15 is 0 Å². The van der Waals surface area contributed by atoms with E-state index < -0.39 is 10.0 Å². The van der Waals surface area contributed by atoms with Crippen molar-refractivity contribution in [2.24, 2.45) is 0 Å². The van der Waals surface area contributed by atoms with Crippen molar-refractivity contribution in [2.75, 3.05) is 31.6 Å². The standard InChI is InChI=1S/C12H18N4O2S/c1-16(2)7-6-9-4-5-11(15-19(3,17)18)12-10(9)8-13-14-12/h4-5,8,15H,6-7H2,1-3H3,(H,13,14). The van der Waals surface area contributed by atoms with Gasteiger partial charge in [-0.25, -0.2) is 8.42 Å². The molecule has 0 bridgehead atoms. The number of aromatic amines is 1. The number of nitrogens with one attached hydrogen (secondary N) is 2. The van der Waals surface area contributed by atoms with E-state index in [1.54, 1.807) is 12.3 Å². The topological polar surface area (TPSA) is 78.1 Å². The lowest BCUT2D eigenvalue weighted by atomic mass is 10.1. The first-order valence-corrected chi connectivity index (χ1v) is 7.83. The fraction of sp³-hybridized carbons (Fsp3) is 0.417. The van der Waals surface area contributed by atoms with Crippen molar-refractivity contribution in [3.8, 4) is 0 Å². The van der Waals surface area contributed by atoms with E-state index in [-0.39, 0.29) is 0 Å². The highest BCUT2D eigenvalue weighted by Crippen LogP contribution is 2.25. The van der Waals surface area contributed by atoms with Gasteiger partial charge in [0.15, 0.2) is 0 Å². The number of nitrogens with zero attached hydrogens (tertiary/aromatic N) is 2. The molecule has 1 heterocycles. The molecule has 0 unspecified atom stereocenters. The molecular weight excluding hydrogens is 264 g/mol. The molecule has 104 valence electrons. The second-order valence-electron chi connectivity index (χ2n) is 4.86. The van der Waals surface area contributed by atoms with Crippen molar-refractivity contribution in [1.82, 2.24) is 15.1 Å². The maximum absolute atomic E-state index is 11.3. The average Bonchev–Trinajstić information content (AvgIpc) is 2.75.